The Bertz CT molecular complexity index is 4200. The van der Waals surface area contributed by atoms with Crippen LogP contribution in [0.25, 0.3) is 0 Å². The molecule has 662 valence electrons. The van der Waals surface area contributed by atoms with Gasteiger partial charge in [-0.2, -0.15) is 85.3 Å². The average molecular weight is 1710 g/mol. The van der Waals surface area contributed by atoms with Crippen molar-refractivity contribution in [2.45, 2.75) is 125 Å². The van der Waals surface area contributed by atoms with E-state index in [1.54, 1.807) is 43.3 Å². The van der Waals surface area contributed by atoms with Gasteiger partial charge in [0.15, 0.2) is 0 Å². The molecule has 2 atom stereocenters. The Kier molecular flexibility index (Phi) is 55.3. The Morgan fingerprint density at radius 2 is 0.697 bits per heavy atom. The topological polar surface area (TPSA) is 845 Å². The molecule has 0 saturated carbocycles. The molecule has 5 aromatic heterocycles. The molecule has 2 unspecified atom stereocenters. The highest BCUT2D eigenvalue weighted by Gasteiger charge is 2.11. The SMILES string of the molecule is C.CCOC(=N)c1ccc(C(C)=N)cc1.CCOC(N)c1ccc(C(N)OCC)cc1.N#Cc1ccc(C#N)cc1.NC(=NCCCCCc1nc(N)nc(N)n1)c1ccc(C(N)=NCCCCNc2nc(N)nc(N)n2)cc1.NCCCCN.NCCCCNc1nc(N)nc(N)n1.NCCCCNc1nc(N)nc(N)n1.Nc1nc(N)nc(Cl)n1. The van der Waals surface area contributed by atoms with Crippen LogP contribution >= 0.6 is 11.6 Å². The normalized spacial score (nSPS) is 10.9. The van der Waals surface area contributed by atoms with E-state index in [4.69, 9.17) is 150 Å². The number of hydrogen-bond donors (Lipinski definition) is 23. The third-order valence-electron chi connectivity index (χ3n) is 15.1. The fraction of sp³-hybridized carbons (Fsp3) is 0.408. The summed E-state index contributed by atoms with van der Waals surface area (Å²) in [6.07, 6.45) is 10.3. The number of anilines is 13. The van der Waals surface area contributed by atoms with Crippen LogP contribution in [0.5, 0.6) is 0 Å². The van der Waals surface area contributed by atoms with Crippen molar-refractivity contribution < 1.29 is 14.2 Å². The molecule has 0 amide bonds. The van der Waals surface area contributed by atoms with Gasteiger partial charge >= 0.3 is 0 Å². The number of ether oxygens (including phenoxy) is 3. The summed E-state index contributed by atoms with van der Waals surface area (Å²) in [5, 5.41) is 40.7. The first-order valence-electron chi connectivity index (χ1n) is 38.4. The molecule has 4 aromatic carbocycles. The molecule has 0 spiro atoms. The van der Waals surface area contributed by atoms with Gasteiger partial charge in [0, 0.05) is 74.8 Å². The number of nitrogens with one attached hydrogen (secondary N) is 5. The van der Waals surface area contributed by atoms with Gasteiger partial charge in [0.2, 0.25) is 88.5 Å². The number of unbranched alkanes of at least 4 members (excludes halogenated alkanes) is 6. The van der Waals surface area contributed by atoms with Crippen LogP contribution in [-0.4, -0.2) is 177 Å². The monoisotopic (exact) mass is 1710 g/mol. The highest BCUT2D eigenvalue weighted by Crippen LogP contribution is 2.18. The molecule has 0 aliphatic heterocycles. The Hall–Kier alpha value is -13.6. The molecule has 9 rings (SSSR count). The van der Waals surface area contributed by atoms with Gasteiger partial charge < -0.3 is 139 Å². The number of aliphatic imine (C=N–C) groups is 2. The molecule has 0 radical (unpaired) electrons. The van der Waals surface area contributed by atoms with Gasteiger partial charge in [-0.1, -0.05) is 74.5 Å². The molecule has 46 heteroatoms. The van der Waals surface area contributed by atoms with E-state index in [2.05, 4.69) is 101 Å². The van der Waals surface area contributed by atoms with Crippen molar-refractivity contribution in [1.82, 2.24) is 74.8 Å². The molecule has 0 saturated heterocycles. The standard InChI is InChI=1S/C23H35N15.C12H20N2O2.C11H14N2O.C8H4N2.2C7H15N7.C4H12N2.C3H4ClN5.CH4/c24-17(30-11-3-1-2-6-16-33-19(26)35-20(27)34-16)14-7-9-15(10-8-14)18(25)31-12-4-5-13-32-23-37-21(28)36-22(29)38-23;1-3-15-11(13)9-5-7-10(8-6-9)12(14)16-4-2;1-3-14-11(13)10-6-4-9(5-7-10)8(2)12;9-5-7-1-2-8(6-10)4-3-7;2*8-3-1-2-4-11-7-13-5(9)12-6(10)14-7;5-3-1-2-4-6;4-1-7-2(5)9-3(6)8-1;/h7-10H,1-6,11-13H2,(H2,24,30)(H2,25,31)(H4,26,27,33,34,35)(H5,28,29,32,36,37,38);5-8,11-12H,3-4,13-14H2,1-2H3;4-7,12-13H,3H2,1-2H3;1-4H;2*1-4,8H2,(H5,9,10,11,12,13,14);1-6H2;(H4,5,6,7,8,9);1H4. The lowest BCUT2D eigenvalue weighted by atomic mass is 10.1. The van der Waals surface area contributed by atoms with Crippen LogP contribution in [0.1, 0.15) is 169 Å². The number of nitriles is 2. The van der Waals surface area contributed by atoms with E-state index in [-0.39, 0.29) is 90.5 Å². The Labute approximate surface area is 716 Å². The van der Waals surface area contributed by atoms with Gasteiger partial charge in [-0.15, -0.1) is 0 Å². The van der Waals surface area contributed by atoms with Gasteiger partial charge in [-0.05, 0) is 183 Å². The maximum absolute atomic E-state index is 8.37. The summed E-state index contributed by atoms with van der Waals surface area (Å²) < 4.78 is 15.6. The Morgan fingerprint density at radius 1 is 0.402 bits per heavy atom. The van der Waals surface area contributed by atoms with E-state index in [0.29, 0.717) is 111 Å². The largest absolute Gasteiger partial charge is 0.478 e. The number of hydrogen-bond acceptors (Lipinski definition) is 43. The second-order valence-corrected chi connectivity index (χ2v) is 25.1. The molecule has 45 nitrogen and oxygen atoms in total. The zero-order valence-corrected chi connectivity index (χ0v) is 69.6. The van der Waals surface area contributed by atoms with Crippen LogP contribution in [-0.2, 0) is 20.6 Å². The Balaban J connectivity index is 0.000000749. The summed E-state index contributed by atoms with van der Waals surface area (Å²) in [6.45, 7) is 15.4. The van der Waals surface area contributed by atoms with Crippen molar-refractivity contribution in [1.29, 1.82) is 21.3 Å². The number of aromatic nitrogens is 15. The zero-order chi connectivity index (χ0) is 89.7. The third kappa shape index (κ3) is 48.3. The van der Waals surface area contributed by atoms with Crippen molar-refractivity contribution in [3.8, 4) is 12.1 Å². The second-order valence-electron chi connectivity index (χ2n) is 24.8. The van der Waals surface area contributed by atoms with E-state index in [9.17, 15) is 0 Å². The van der Waals surface area contributed by atoms with Crippen LogP contribution in [0.15, 0.2) is 107 Å². The van der Waals surface area contributed by atoms with Crippen molar-refractivity contribution in [2.75, 3.05) is 152 Å². The number of amidine groups is 2. The number of rotatable bonds is 36. The fourth-order valence-corrected chi connectivity index (χ4v) is 9.36. The minimum Gasteiger partial charge on any atom is -0.478 e. The summed E-state index contributed by atoms with van der Waals surface area (Å²) >= 11 is 5.33. The quantitative estimate of drug-likeness (QED) is 0.0114. The molecule has 0 aliphatic rings. The van der Waals surface area contributed by atoms with E-state index in [1.165, 1.54) is 0 Å². The first-order valence-corrected chi connectivity index (χ1v) is 38.8. The van der Waals surface area contributed by atoms with Crippen LogP contribution < -0.4 is 119 Å². The second kappa shape index (κ2) is 63.4. The molecule has 41 N–H and O–H groups in total. The van der Waals surface area contributed by atoms with Crippen molar-refractivity contribution in [3.05, 3.63) is 153 Å². The summed E-state index contributed by atoms with van der Waals surface area (Å²) in [4.78, 5) is 65.7. The molecule has 0 aliphatic carbocycles. The maximum atomic E-state index is 8.37. The highest BCUT2D eigenvalue weighted by atomic mass is 35.5. The van der Waals surface area contributed by atoms with Gasteiger partial charge in [0.05, 0.1) is 29.9 Å². The lowest BCUT2D eigenvalue weighted by molar-refractivity contribution is 0.0649. The minimum atomic E-state index is -0.373. The van der Waals surface area contributed by atoms with E-state index in [1.807, 2.05) is 93.6 Å². The number of aryl methyl sites for hydroxylation is 1. The van der Waals surface area contributed by atoms with Gasteiger partial charge in [0.25, 0.3) is 0 Å². The van der Waals surface area contributed by atoms with Crippen molar-refractivity contribution in [3.63, 3.8) is 0 Å². The first kappa shape index (κ1) is 106. The average Bonchev–Trinajstić information content (AvgIpc) is 0.861. The highest BCUT2D eigenvalue weighted by molar-refractivity contribution is 6.28. The third-order valence-corrected chi connectivity index (χ3v) is 15.3. The predicted molar refractivity (Wildman–Crippen MR) is 486 cm³/mol. The predicted octanol–water partition coefficient (Wildman–Crippen LogP) is 4.02. The van der Waals surface area contributed by atoms with Gasteiger partial charge in [-0.3, -0.25) is 15.4 Å². The van der Waals surface area contributed by atoms with Gasteiger partial charge in [-0.25, -0.2) is 0 Å². The van der Waals surface area contributed by atoms with Crippen molar-refractivity contribution in [2.24, 2.45) is 55.9 Å². The van der Waals surface area contributed by atoms with Crippen LogP contribution in [0.2, 0.25) is 5.28 Å². The smallest absolute Gasteiger partial charge is 0.229 e. The van der Waals surface area contributed by atoms with Crippen LogP contribution in [0, 0.1) is 33.5 Å². The summed E-state index contributed by atoms with van der Waals surface area (Å²) in [5.41, 5.74) is 106. The lowest BCUT2D eigenvalue weighted by Gasteiger charge is -2.15. The molecular formula is C76H123ClN42O3. The molecule has 122 heavy (non-hydrogen) atoms. The van der Waals surface area contributed by atoms with Crippen molar-refractivity contribution >= 4 is 112 Å². The number of nitrogen functional groups attached to an aromatic ring is 10. The number of halogens is 1. The minimum absolute atomic E-state index is 0. The summed E-state index contributed by atoms with van der Waals surface area (Å²) in [6, 6.07) is 32.9. The molecule has 5 heterocycles. The number of benzene rings is 4. The summed E-state index contributed by atoms with van der Waals surface area (Å²) in [5.74, 6) is 3.93. The van der Waals surface area contributed by atoms with Gasteiger partial charge in [0.1, 0.15) is 30.0 Å². The zero-order valence-electron chi connectivity index (χ0n) is 68.9. The Morgan fingerprint density at radius 3 is 1.00 bits per heavy atom. The maximum Gasteiger partial charge on any atom is 0.229 e. The molecular weight excluding hydrogens is 1580 g/mol. The van der Waals surface area contributed by atoms with Crippen LogP contribution in [0.4, 0.5) is 77.3 Å². The number of nitrogens with two attached hydrogens (primary N) is 18. The first-order chi connectivity index (χ1) is 58.0. The fourth-order valence-electron chi connectivity index (χ4n) is 9.19. The molecule has 9 aromatic rings. The molecule has 0 bridgehead atoms. The number of nitrogens with zero attached hydrogens (tertiary/aromatic N) is 19. The summed E-state index contributed by atoms with van der Waals surface area (Å²) in [7, 11) is 0. The van der Waals surface area contributed by atoms with E-state index >= 15 is 0 Å². The van der Waals surface area contributed by atoms with E-state index in [0.717, 1.165) is 130 Å². The van der Waals surface area contributed by atoms with Crippen LogP contribution in [0.3, 0.4) is 0 Å². The molecule has 0 fully saturated rings. The lowest BCUT2D eigenvalue weighted by Crippen LogP contribution is -2.17. The van der Waals surface area contributed by atoms with E-state index < -0.39 is 0 Å².